The Morgan fingerprint density at radius 1 is 1.31 bits per heavy atom. The van der Waals surface area contributed by atoms with Crippen molar-refractivity contribution in [2.24, 2.45) is 4.99 Å². The first-order valence-corrected chi connectivity index (χ1v) is 8.50. The zero-order chi connectivity index (χ0) is 18.7. The Morgan fingerprint density at radius 2 is 2.04 bits per heavy atom. The third-order valence-corrected chi connectivity index (χ3v) is 3.34. The van der Waals surface area contributed by atoms with Gasteiger partial charge in [0.1, 0.15) is 12.3 Å². The average Bonchev–Trinajstić information content (AvgIpc) is 2.57. The van der Waals surface area contributed by atoms with Crippen molar-refractivity contribution < 1.29 is 9.53 Å². The van der Waals surface area contributed by atoms with E-state index in [1.165, 1.54) is 10.5 Å². The summed E-state index contributed by atoms with van der Waals surface area (Å²) in [6, 6.07) is 8.05. The molecule has 0 saturated heterocycles. The summed E-state index contributed by atoms with van der Waals surface area (Å²) in [7, 11) is 3.44. The van der Waals surface area contributed by atoms with Gasteiger partial charge in [0, 0.05) is 27.2 Å². The van der Waals surface area contributed by atoms with Crippen LogP contribution in [0.4, 0.5) is 0 Å². The number of guanidine groups is 1. The van der Waals surface area contributed by atoms with E-state index >= 15 is 0 Å². The number of aliphatic imine (C=N–C) groups is 1. The average molecular weight is 474 g/mol. The normalized spacial score (nSPS) is 10.5. The van der Waals surface area contributed by atoms with Gasteiger partial charge in [-0.2, -0.15) is 0 Å². The highest BCUT2D eigenvalue weighted by Gasteiger charge is 2.05. The molecule has 0 aliphatic heterocycles. The van der Waals surface area contributed by atoms with Crippen molar-refractivity contribution in [3.63, 3.8) is 0 Å². The van der Waals surface area contributed by atoms with E-state index < -0.39 is 0 Å². The molecule has 6 nitrogen and oxygen atoms in total. The number of halogens is 1. The largest absolute Gasteiger partial charge is 0.494 e. The second-order valence-corrected chi connectivity index (χ2v) is 6.02. The summed E-state index contributed by atoms with van der Waals surface area (Å²) in [5.41, 5.74) is 2.18. The molecule has 0 radical (unpaired) electrons. The lowest BCUT2D eigenvalue weighted by molar-refractivity contribution is -0.127. The van der Waals surface area contributed by atoms with Crippen molar-refractivity contribution in [3.8, 4) is 5.75 Å². The number of hydrogen-bond donors (Lipinski definition) is 2. The predicted octanol–water partition coefficient (Wildman–Crippen LogP) is 2.45. The number of rotatable bonds is 9. The zero-order valence-electron chi connectivity index (χ0n) is 16.2. The Balaban J connectivity index is 0.00000625. The van der Waals surface area contributed by atoms with Gasteiger partial charge in [-0.05, 0) is 38.0 Å². The molecule has 0 aliphatic carbocycles. The molecule has 1 aromatic carbocycles. The molecule has 146 valence electrons. The van der Waals surface area contributed by atoms with Crippen LogP contribution in [0, 0.1) is 0 Å². The molecule has 0 aromatic heterocycles. The van der Waals surface area contributed by atoms with Crippen molar-refractivity contribution in [1.82, 2.24) is 15.5 Å². The highest BCUT2D eigenvalue weighted by Crippen LogP contribution is 2.13. The van der Waals surface area contributed by atoms with E-state index in [1.54, 1.807) is 14.1 Å². The van der Waals surface area contributed by atoms with Gasteiger partial charge in [0.05, 0.1) is 6.61 Å². The molecule has 0 spiro atoms. The minimum atomic E-state index is -0.0409. The van der Waals surface area contributed by atoms with Crippen LogP contribution in [0.1, 0.15) is 19.4 Å². The molecule has 0 unspecified atom stereocenters. The van der Waals surface area contributed by atoms with Gasteiger partial charge in [-0.15, -0.1) is 24.0 Å². The molecule has 0 saturated carbocycles. The molecule has 2 N–H and O–H groups in total. The maximum absolute atomic E-state index is 11.7. The summed E-state index contributed by atoms with van der Waals surface area (Å²) < 4.78 is 5.52. The van der Waals surface area contributed by atoms with Crippen molar-refractivity contribution in [1.29, 1.82) is 0 Å². The lowest BCUT2D eigenvalue weighted by Crippen LogP contribution is -2.40. The van der Waals surface area contributed by atoms with Crippen LogP contribution >= 0.6 is 24.0 Å². The number of ether oxygens (including phenoxy) is 1. The Bertz CT molecular complexity index is 603. The second kappa shape index (κ2) is 13.4. The fourth-order valence-electron chi connectivity index (χ4n) is 1.98. The maximum Gasteiger partial charge on any atom is 0.243 e. The zero-order valence-corrected chi connectivity index (χ0v) is 18.5. The number of hydrogen-bond acceptors (Lipinski definition) is 3. The quantitative estimate of drug-likeness (QED) is 0.250. The lowest BCUT2D eigenvalue weighted by Gasteiger charge is -2.14. The van der Waals surface area contributed by atoms with E-state index in [0.29, 0.717) is 25.7 Å². The van der Waals surface area contributed by atoms with Gasteiger partial charge in [-0.3, -0.25) is 4.79 Å². The van der Waals surface area contributed by atoms with Crippen LogP contribution in [-0.2, 0) is 11.2 Å². The maximum atomic E-state index is 11.7. The van der Waals surface area contributed by atoms with Crippen LogP contribution in [-0.4, -0.2) is 57.1 Å². The number of likely N-dealkylation sites (N-methyl/N-ethyl adjacent to an activating group) is 1. The Labute approximate surface area is 174 Å². The molecule has 0 bridgehead atoms. The van der Waals surface area contributed by atoms with E-state index in [1.807, 2.05) is 32.0 Å². The van der Waals surface area contributed by atoms with E-state index in [0.717, 1.165) is 17.7 Å². The number of carbonyl (C=O) groups excluding carboxylic acids is 1. The molecule has 1 aromatic rings. The molecule has 0 atom stereocenters. The smallest absolute Gasteiger partial charge is 0.243 e. The van der Waals surface area contributed by atoms with Crippen molar-refractivity contribution >= 4 is 35.8 Å². The molecule has 1 amide bonds. The fourth-order valence-corrected chi connectivity index (χ4v) is 1.98. The van der Waals surface area contributed by atoms with Gasteiger partial charge >= 0.3 is 0 Å². The van der Waals surface area contributed by atoms with Gasteiger partial charge in [-0.25, -0.2) is 4.99 Å². The molecule has 26 heavy (non-hydrogen) atoms. The SMILES string of the molecule is C=C(C)CNC(=NCC(=O)N(C)C)NCCc1cccc(OCC)c1.I. The van der Waals surface area contributed by atoms with Gasteiger partial charge < -0.3 is 20.3 Å². The van der Waals surface area contributed by atoms with Crippen LogP contribution in [0.5, 0.6) is 5.75 Å². The van der Waals surface area contributed by atoms with Gasteiger partial charge in [-0.1, -0.05) is 24.3 Å². The molecule has 1 rings (SSSR count). The Kier molecular flexibility index (Phi) is 12.5. The van der Waals surface area contributed by atoms with Gasteiger partial charge in [0.25, 0.3) is 0 Å². The summed E-state index contributed by atoms with van der Waals surface area (Å²) in [6.45, 7) is 9.86. The first kappa shape index (κ1) is 24.2. The molecular weight excluding hydrogens is 443 g/mol. The Hall–Kier alpha value is -1.77. The van der Waals surface area contributed by atoms with Crippen LogP contribution in [0.2, 0.25) is 0 Å². The number of nitrogens with one attached hydrogen (secondary N) is 2. The standard InChI is InChI=1S/C19H30N4O2.HI/c1-6-25-17-9-7-8-16(12-17)10-11-20-19(21-13-15(2)3)22-14-18(24)23(4)5;/h7-9,12H,2,6,10-11,13-14H2,1,3-5H3,(H2,20,21,22);1H. The van der Waals surface area contributed by atoms with E-state index in [4.69, 9.17) is 4.74 Å². The van der Waals surface area contributed by atoms with Crippen LogP contribution < -0.4 is 15.4 Å². The molecule has 0 fully saturated rings. The first-order valence-electron chi connectivity index (χ1n) is 8.50. The predicted molar refractivity (Wildman–Crippen MR) is 119 cm³/mol. The summed E-state index contributed by atoms with van der Waals surface area (Å²) in [5.74, 6) is 1.45. The number of nitrogens with zero attached hydrogens (tertiary/aromatic N) is 2. The minimum Gasteiger partial charge on any atom is -0.494 e. The van der Waals surface area contributed by atoms with Crippen LogP contribution in [0.15, 0.2) is 41.4 Å². The highest BCUT2D eigenvalue weighted by molar-refractivity contribution is 14.0. The first-order chi connectivity index (χ1) is 11.9. The van der Waals surface area contributed by atoms with Crippen molar-refractivity contribution in [3.05, 3.63) is 42.0 Å². The van der Waals surface area contributed by atoms with E-state index in [-0.39, 0.29) is 36.4 Å². The summed E-state index contributed by atoms with van der Waals surface area (Å²) in [4.78, 5) is 17.6. The third kappa shape index (κ3) is 10.3. The van der Waals surface area contributed by atoms with Crippen LogP contribution in [0.25, 0.3) is 0 Å². The van der Waals surface area contributed by atoms with Gasteiger partial charge in [0.15, 0.2) is 5.96 Å². The number of carbonyl (C=O) groups is 1. The highest BCUT2D eigenvalue weighted by atomic mass is 127. The van der Waals surface area contributed by atoms with Crippen LogP contribution in [0.3, 0.4) is 0 Å². The second-order valence-electron chi connectivity index (χ2n) is 6.02. The fraction of sp³-hybridized carbons (Fsp3) is 0.474. The van der Waals surface area contributed by atoms with Gasteiger partial charge in [0.2, 0.25) is 5.91 Å². The van der Waals surface area contributed by atoms with E-state index in [9.17, 15) is 4.79 Å². The molecular formula is C19H31IN4O2. The van der Waals surface area contributed by atoms with E-state index in [2.05, 4.69) is 28.3 Å². The Morgan fingerprint density at radius 3 is 2.65 bits per heavy atom. The summed E-state index contributed by atoms with van der Waals surface area (Å²) in [5, 5.41) is 6.43. The minimum absolute atomic E-state index is 0. The summed E-state index contributed by atoms with van der Waals surface area (Å²) in [6.07, 6.45) is 0.830. The van der Waals surface area contributed by atoms with Crippen molar-refractivity contribution in [2.45, 2.75) is 20.3 Å². The lowest BCUT2D eigenvalue weighted by atomic mass is 10.1. The number of amides is 1. The third-order valence-electron chi connectivity index (χ3n) is 3.34. The van der Waals surface area contributed by atoms with Crippen molar-refractivity contribution in [2.75, 3.05) is 40.3 Å². The number of benzene rings is 1. The molecule has 0 aliphatic rings. The monoisotopic (exact) mass is 474 g/mol. The topological polar surface area (TPSA) is 66.0 Å². The molecule has 7 heteroatoms. The molecule has 0 heterocycles. The summed E-state index contributed by atoms with van der Waals surface area (Å²) >= 11 is 0.